The maximum absolute atomic E-state index is 13.4. The molecule has 0 atom stereocenters. The van der Waals surface area contributed by atoms with Crippen LogP contribution in [0, 0.1) is 0 Å². The molecule has 0 spiro atoms. The van der Waals surface area contributed by atoms with Gasteiger partial charge in [-0.05, 0) is 42.9 Å². The molecule has 5 rings (SSSR count). The first-order chi connectivity index (χ1) is 13.8. The lowest BCUT2D eigenvalue weighted by Crippen LogP contribution is -2.38. The van der Waals surface area contributed by atoms with Gasteiger partial charge in [-0.15, -0.1) is 0 Å². The number of carbonyl (C=O) groups excluding carboxylic acids is 1. The van der Waals surface area contributed by atoms with Gasteiger partial charge >= 0.3 is 0 Å². The van der Waals surface area contributed by atoms with E-state index in [1.807, 2.05) is 23.1 Å². The Morgan fingerprint density at radius 1 is 0.857 bits per heavy atom. The van der Waals surface area contributed by atoms with Crippen molar-refractivity contribution in [2.24, 2.45) is 0 Å². The molecule has 3 aromatic rings. The average molecular weight is 371 g/mol. The van der Waals surface area contributed by atoms with E-state index in [-0.39, 0.29) is 5.91 Å². The fourth-order valence-electron chi connectivity index (χ4n) is 4.58. The van der Waals surface area contributed by atoms with Gasteiger partial charge in [0.15, 0.2) is 0 Å². The van der Waals surface area contributed by atoms with Crippen LogP contribution in [-0.2, 0) is 13.0 Å². The van der Waals surface area contributed by atoms with Gasteiger partial charge < -0.3 is 9.80 Å². The SMILES string of the molecule is O=C(c1cnc2ccccc2c1N1CCc2ccccc2C1)N1CCCCC1. The molecule has 4 heteroatoms. The molecule has 0 aliphatic carbocycles. The smallest absolute Gasteiger partial charge is 0.257 e. The molecule has 0 N–H and O–H groups in total. The number of nitrogens with zero attached hydrogens (tertiary/aromatic N) is 3. The van der Waals surface area contributed by atoms with E-state index in [4.69, 9.17) is 0 Å². The van der Waals surface area contributed by atoms with E-state index < -0.39 is 0 Å². The number of aromatic nitrogens is 1. The van der Waals surface area contributed by atoms with Crippen molar-refractivity contribution >= 4 is 22.5 Å². The summed E-state index contributed by atoms with van der Waals surface area (Å²) in [6, 6.07) is 16.8. The third-order valence-electron chi connectivity index (χ3n) is 6.07. The quantitative estimate of drug-likeness (QED) is 0.669. The Kier molecular flexibility index (Phi) is 4.47. The number of fused-ring (bicyclic) bond motifs is 2. The number of amides is 1. The molecule has 0 saturated carbocycles. The van der Waals surface area contributed by atoms with E-state index in [1.54, 1.807) is 6.20 Å². The number of carbonyl (C=O) groups is 1. The van der Waals surface area contributed by atoms with Crippen LogP contribution >= 0.6 is 0 Å². The Hall–Kier alpha value is -2.88. The molecule has 2 aliphatic rings. The summed E-state index contributed by atoms with van der Waals surface area (Å²) < 4.78 is 0. The number of likely N-dealkylation sites (tertiary alicyclic amines) is 1. The van der Waals surface area contributed by atoms with Gasteiger partial charge in [0.2, 0.25) is 0 Å². The summed E-state index contributed by atoms with van der Waals surface area (Å²) in [7, 11) is 0. The van der Waals surface area contributed by atoms with Gasteiger partial charge in [0.25, 0.3) is 5.91 Å². The highest BCUT2D eigenvalue weighted by Gasteiger charge is 2.27. The van der Waals surface area contributed by atoms with Crippen molar-refractivity contribution in [1.29, 1.82) is 0 Å². The molecule has 2 aliphatic heterocycles. The molecule has 0 unspecified atom stereocenters. The second-order valence-electron chi connectivity index (χ2n) is 7.83. The number of pyridine rings is 1. The number of anilines is 1. The lowest BCUT2D eigenvalue weighted by molar-refractivity contribution is 0.0724. The van der Waals surface area contributed by atoms with Crippen LogP contribution in [0.1, 0.15) is 40.7 Å². The highest BCUT2D eigenvalue weighted by molar-refractivity contribution is 6.07. The van der Waals surface area contributed by atoms with Crippen LogP contribution in [-0.4, -0.2) is 35.4 Å². The zero-order valence-corrected chi connectivity index (χ0v) is 16.1. The lowest BCUT2D eigenvalue weighted by atomic mass is 9.97. The number of rotatable bonds is 2. The van der Waals surface area contributed by atoms with E-state index in [0.29, 0.717) is 0 Å². The molecule has 4 nitrogen and oxygen atoms in total. The van der Waals surface area contributed by atoms with Crippen molar-refractivity contribution in [2.75, 3.05) is 24.5 Å². The molecule has 0 radical (unpaired) electrons. The summed E-state index contributed by atoms with van der Waals surface area (Å²) in [6.45, 7) is 3.47. The van der Waals surface area contributed by atoms with Crippen LogP contribution in [0.4, 0.5) is 5.69 Å². The van der Waals surface area contributed by atoms with Crippen LogP contribution < -0.4 is 4.90 Å². The molecule has 1 fully saturated rings. The van der Waals surface area contributed by atoms with E-state index in [0.717, 1.165) is 67.6 Å². The molecule has 3 heterocycles. The molecule has 142 valence electrons. The Balaban J connectivity index is 1.60. The molecular weight excluding hydrogens is 346 g/mol. The van der Waals surface area contributed by atoms with Crippen LogP contribution in [0.3, 0.4) is 0 Å². The second kappa shape index (κ2) is 7.27. The van der Waals surface area contributed by atoms with E-state index in [9.17, 15) is 4.79 Å². The Morgan fingerprint density at radius 2 is 1.61 bits per heavy atom. The number of piperidine rings is 1. The van der Waals surface area contributed by atoms with Crippen LogP contribution in [0.15, 0.2) is 54.7 Å². The summed E-state index contributed by atoms with van der Waals surface area (Å²) in [4.78, 5) is 22.4. The van der Waals surface area contributed by atoms with Crippen molar-refractivity contribution in [3.8, 4) is 0 Å². The highest BCUT2D eigenvalue weighted by atomic mass is 16.2. The summed E-state index contributed by atoms with van der Waals surface area (Å²) in [5.74, 6) is 0.131. The normalized spacial score (nSPS) is 16.9. The minimum Gasteiger partial charge on any atom is -0.366 e. The van der Waals surface area contributed by atoms with Crippen LogP contribution in [0.5, 0.6) is 0 Å². The number of hydrogen-bond acceptors (Lipinski definition) is 3. The van der Waals surface area contributed by atoms with Gasteiger partial charge in [-0.3, -0.25) is 9.78 Å². The summed E-state index contributed by atoms with van der Waals surface area (Å²) in [5, 5.41) is 1.07. The van der Waals surface area contributed by atoms with Crippen molar-refractivity contribution in [3.05, 3.63) is 71.4 Å². The fraction of sp³-hybridized carbons (Fsp3) is 0.333. The van der Waals surface area contributed by atoms with Gasteiger partial charge in [-0.1, -0.05) is 42.5 Å². The van der Waals surface area contributed by atoms with Crippen molar-refractivity contribution in [2.45, 2.75) is 32.2 Å². The number of hydrogen-bond donors (Lipinski definition) is 0. The van der Waals surface area contributed by atoms with E-state index >= 15 is 0 Å². The largest absolute Gasteiger partial charge is 0.366 e. The first kappa shape index (κ1) is 17.2. The second-order valence-corrected chi connectivity index (χ2v) is 7.83. The Bertz CT molecular complexity index is 1020. The third-order valence-corrected chi connectivity index (χ3v) is 6.07. The predicted octanol–water partition coefficient (Wildman–Crippen LogP) is 4.42. The molecular formula is C24H25N3O. The first-order valence-corrected chi connectivity index (χ1v) is 10.3. The number of para-hydroxylation sites is 1. The van der Waals surface area contributed by atoms with Crippen molar-refractivity contribution in [3.63, 3.8) is 0 Å². The maximum Gasteiger partial charge on any atom is 0.257 e. The Labute approximate surface area is 165 Å². The molecule has 28 heavy (non-hydrogen) atoms. The molecule has 1 saturated heterocycles. The fourth-order valence-corrected chi connectivity index (χ4v) is 4.58. The van der Waals surface area contributed by atoms with E-state index in [1.165, 1.54) is 17.5 Å². The van der Waals surface area contributed by atoms with Crippen LogP contribution in [0.2, 0.25) is 0 Å². The molecule has 1 aromatic heterocycles. The standard InChI is InChI=1S/C24H25N3O/c28-24(26-13-6-1-7-14-26)21-16-25-22-11-5-4-10-20(22)23(21)27-15-12-18-8-2-3-9-19(18)17-27/h2-5,8-11,16H,1,6-7,12-15,17H2. The van der Waals surface area contributed by atoms with Gasteiger partial charge in [0.05, 0.1) is 16.8 Å². The third kappa shape index (κ3) is 3.03. The van der Waals surface area contributed by atoms with Gasteiger partial charge in [-0.25, -0.2) is 0 Å². The molecule has 0 bridgehead atoms. The topological polar surface area (TPSA) is 36.4 Å². The summed E-state index contributed by atoms with van der Waals surface area (Å²) in [6.07, 6.45) is 6.22. The van der Waals surface area contributed by atoms with Crippen LogP contribution in [0.25, 0.3) is 10.9 Å². The number of benzene rings is 2. The zero-order valence-electron chi connectivity index (χ0n) is 16.1. The molecule has 1 amide bonds. The summed E-state index contributed by atoms with van der Waals surface area (Å²) >= 11 is 0. The molecule has 2 aromatic carbocycles. The monoisotopic (exact) mass is 371 g/mol. The zero-order chi connectivity index (χ0) is 18.9. The van der Waals surface area contributed by atoms with Gasteiger partial charge in [-0.2, -0.15) is 0 Å². The minimum atomic E-state index is 0.131. The Morgan fingerprint density at radius 3 is 2.46 bits per heavy atom. The van der Waals surface area contributed by atoms with Gasteiger partial charge in [0, 0.05) is 37.8 Å². The lowest BCUT2D eigenvalue weighted by Gasteiger charge is -2.34. The minimum absolute atomic E-state index is 0.131. The van der Waals surface area contributed by atoms with Crippen molar-refractivity contribution in [1.82, 2.24) is 9.88 Å². The van der Waals surface area contributed by atoms with E-state index in [2.05, 4.69) is 40.2 Å². The van der Waals surface area contributed by atoms with Crippen molar-refractivity contribution < 1.29 is 4.79 Å². The average Bonchev–Trinajstić information content (AvgIpc) is 2.78. The first-order valence-electron chi connectivity index (χ1n) is 10.3. The maximum atomic E-state index is 13.4. The highest BCUT2D eigenvalue weighted by Crippen LogP contribution is 2.34. The van der Waals surface area contributed by atoms with Gasteiger partial charge in [0.1, 0.15) is 0 Å². The summed E-state index contributed by atoms with van der Waals surface area (Å²) in [5.41, 5.74) is 5.52. The predicted molar refractivity (Wildman–Crippen MR) is 113 cm³/mol.